The van der Waals surface area contributed by atoms with Crippen molar-refractivity contribution in [1.82, 2.24) is 5.43 Å². The van der Waals surface area contributed by atoms with Crippen molar-refractivity contribution in [2.75, 3.05) is 26.2 Å². The first-order valence-electron chi connectivity index (χ1n) is 5.43. The fourth-order valence-electron chi connectivity index (χ4n) is 1.47. The molecule has 6 heteroatoms. The number of carbonyl (C=O) groups excluding carboxylic acids is 2. The van der Waals surface area contributed by atoms with Gasteiger partial charge in [-0.2, -0.15) is 0 Å². The molecule has 0 aromatic carbocycles. The van der Waals surface area contributed by atoms with E-state index in [-0.39, 0.29) is 24.9 Å². The van der Waals surface area contributed by atoms with Gasteiger partial charge in [-0.3, -0.25) is 4.79 Å². The summed E-state index contributed by atoms with van der Waals surface area (Å²) >= 11 is 0. The highest BCUT2D eigenvalue weighted by atomic mass is 35.5. The molecule has 5 nitrogen and oxygen atoms in total. The molecule has 0 saturated heterocycles. The number of nitrogens with zero attached hydrogens (tertiary/aromatic N) is 1. The van der Waals surface area contributed by atoms with Crippen LogP contribution in [0.4, 0.5) is 0 Å². The van der Waals surface area contributed by atoms with Crippen LogP contribution in [0.25, 0.3) is 0 Å². The van der Waals surface area contributed by atoms with E-state index >= 15 is 0 Å². The maximum atomic E-state index is 11.1. The topological polar surface area (TPSA) is 55.4 Å². The van der Waals surface area contributed by atoms with E-state index in [0.717, 1.165) is 19.2 Å². The maximum Gasteiger partial charge on any atom is 0.330 e. The Morgan fingerprint density at radius 3 is 2.24 bits per heavy atom. The molecular weight excluding hydrogens is 244 g/mol. The third-order valence-corrected chi connectivity index (χ3v) is 2.54. The molecule has 0 spiro atoms. The molecular formula is C11H21ClN2O3. The summed E-state index contributed by atoms with van der Waals surface area (Å²) in [6.07, 6.45) is 1.13. The van der Waals surface area contributed by atoms with Gasteiger partial charge in [-0.05, 0) is 13.8 Å². The SMILES string of the molecule is C=CC(=O)OCC[N+](CC)(CC)NC(C)=O.[Cl-]. The monoisotopic (exact) mass is 264 g/mol. The molecule has 0 aliphatic rings. The van der Waals surface area contributed by atoms with E-state index in [1.165, 1.54) is 6.92 Å². The van der Waals surface area contributed by atoms with Gasteiger partial charge in [-0.1, -0.05) is 6.58 Å². The number of hydrogen-bond acceptors (Lipinski definition) is 3. The summed E-state index contributed by atoms with van der Waals surface area (Å²) < 4.78 is 5.32. The van der Waals surface area contributed by atoms with Crippen molar-refractivity contribution >= 4 is 11.9 Å². The van der Waals surface area contributed by atoms with Gasteiger partial charge in [0, 0.05) is 13.0 Å². The molecule has 0 bridgehead atoms. The fourth-order valence-corrected chi connectivity index (χ4v) is 1.47. The lowest BCUT2D eigenvalue weighted by atomic mass is 10.4. The van der Waals surface area contributed by atoms with Crippen LogP contribution in [0, 0.1) is 0 Å². The summed E-state index contributed by atoms with van der Waals surface area (Å²) in [5, 5.41) is 0. The Balaban J connectivity index is 0. The summed E-state index contributed by atoms with van der Waals surface area (Å²) in [5.41, 5.74) is 2.87. The number of hydrogen-bond donors (Lipinski definition) is 1. The number of ether oxygens (including phenoxy) is 1. The van der Waals surface area contributed by atoms with Crippen LogP contribution >= 0.6 is 0 Å². The van der Waals surface area contributed by atoms with Crippen LogP contribution in [-0.2, 0) is 14.3 Å². The van der Waals surface area contributed by atoms with Gasteiger partial charge in [0.25, 0.3) is 5.91 Å². The number of nitrogens with one attached hydrogen (secondary N) is 1. The summed E-state index contributed by atoms with van der Waals surface area (Å²) in [6, 6.07) is 0. The van der Waals surface area contributed by atoms with Crippen molar-refractivity contribution in [3.8, 4) is 0 Å². The minimum absolute atomic E-state index is 0. The van der Waals surface area contributed by atoms with Crippen molar-refractivity contribution in [3.05, 3.63) is 12.7 Å². The molecule has 0 atom stereocenters. The van der Waals surface area contributed by atoms with E-state index in [9.17, 15) is 9.59 Å². The van der Waals surface area contributed by atoms with Crippen molar-refractivity contribution in [2.24, 2.45) is 0 Å². The van der Waals surface area contributed by atoms with E-state index in [1.54, 1.807) is 0 Å². The Morgan fingerprint density at radius 1 is 1.35 bits per heavy atom. The highest BCUT2D eigenvalue weighted by Crippen LogP contribution is 2.01. The summed E-state index contributed by atoms with van der Waals surface area (Å²) in [6.45, 7) is 11.1. The van der Waals surface area contributed by atoms with Gasteiger partial charge in [-0.25, -0.2) is 14.8 Å². The van der Waals surface area contributed by atoms with Gasteiger partial charge >= 0.3 is 5.97 Å². The molecule has 0 heterocycles. The predicted octanol–water partition coefficient (Wildman–Crippen LogP) is -2.37. The van der Waals surface area contributed by atoms with E-state index in [1.807, 2.05) is 13.8 Å². The van der Waals surface area contributed by atoms with Crippen LogP contribution in [0.5, 0.6) is 0 Å². The first kappa shape index (κ1) is 18.3. The Labute approximate surface area is 109 Å². The number of halogens is 1. The van der Waals surface area contributed by atoms with E-state index in [4.69, 9.17) is 4.74 Å². The number of rotatable bonds is 7. The number of likely N-dealkylation sites (N-methyl/N-ethyl adjacent to an activating group) is 1. The summed E-state index contributed by atoms with van der Waals surface area (Å²) in [5.74, 6) is -0.521. The smallest absolute Gasteiger partial charge is 0.330 e. The molecule has 0 radical (unpaired) electrons. The van der Waals surface area contributed by atoms with Crippen LogP contribution in [0.1, 0.15) is 20.8 Å². The van der Waals surface area contributed by atoms with Gasteiger partial charge in [0.2, 0.25) is 0 Å². The Bertz CT molecular complexity index is 265. The lowest BCUT2D eigenvalue weighted by molar-refractivity contribution is -0.958. The average molecular weight is 265 g/mol. The highest BCUT2D eigenvalue weighted by molar-refractivity contribution is 5.81. The first-order valence-corrected chi connectivity index (χ1v) is 5.43. The van der Waals surface area contributed by atoms with Gasteiger partial charge in [0.1, 0.15) is 13.2 Å². The molecule has 1 amide bonds. The van der Waals surface area contributed by atoms with Crippen LogP contribution in [0.2, 0.25) is 0 Å². The van der Waals surface area contributed by atoms with Gasteiger partial charge in [0.05, 0.1) is 13.1 Å². The molecule has 17 heavy (non-hydrogen) atoms. The Morgan fingerprint density at radius 2 is 1.88 bits per heavy atom. The van der Waals surface area contributed by atoms with Crippen molar-refractivity contribution in [2.45, 2.75) is 20.8 Å². The van der Waals surface area contributed by atoms with Crippen molar-refractivity contribution in [1.29, 1.82) is 0 Å². The second kappa shape index (κ2) is 9.01. The molecule has 0 aliphatic heterocycles. The summed E-state index contributed by atoms with van der Waals surface area (Å²) in [7, 11) is 0. The number of amides is 1. The quantitative estimate of drug-likeness (QED) is 0.242. The van der Waals surface area contributed by atoms with Crippen LogP contribution in [0.15, 0.2) is 12.7 Å². The molecule has 0 unspecified atom stereocenters. The zero-order valence-corrected chi connectivity index (χ0v) is 11.4. The lowest BCUT2D eigenvalue weighted by Crippen LogP contribution is -3.00. The van der Waals surface area contributed by atoms with E-state index in [2.05, 4.69) is 12.0 Å². The first-order chi connectivity index (χ1) is 7.49. The van der Waals surface area contributed by atoms with Crippen LogP contribution in [0.3, 0.4) is 0 Å². The Kier molecular flexibility index (Phi) is 9.70. The Hall–Kier alpha value is -1.07. The molecule has 0 rings (SSSR count). The van der Waals surface area contributed by atoms with Crippen LogP contribution < -0.4 is 17.8 Å². The normalized spacial score (nSPS) is 10.1. The minimum Gasteiger partial charge on any atom is -1.00 e. The van der Waals surface area contributed by atoms with Crippen LogP contribution in [-0.4, -0.2) is 42.7 Å². The lowest BCUT2D eigenvalue weighted by Gasteiger charge is -2.34. The molecule has 0 aromatic heterocycles. The third-order valence-electron chi connectivity index (χ3n) is 2.54. The second-order valence-electron chi connectivity index (χ2n) is 3.54. The van der Waals surface area contributed by atoms with Gasteiger partial charge < -0.3 is 17.1 Å². The summed E-state index contributed by atoms with van der Waals surface area (Å²) in [4.78, 5) is 21.9. The zero-order chi connectivity index (χ0) is 12.6. The maximum absolute atomic E-state index is 11.1. The predicted molar refractivity (Wildman–Crippen MR) is 61.2 cm³/mol. The number of carbonyl (C=O) groups is 2. The zero-order valence-electron chi connectivity index (χ0n) is 10.7. The number of quaternary nitrogens is 1. The third kappa shape index (κ3) is 6.97. The van der Waals surface area contributed by atoms with E-state index in [0.29, 0.717) is 11.1 Å². The van der Waals surface area contributed by atoms with E-state index < -0.39 is 5.97 Å². The molecule has 0 aromatic rings. The molecule has 0 fully saturated rings. The average Bonchev–Trinajstić information content (AvgIpc) is 2.26. The second-order valence-corrected chi connectivity index (χ2v) is 3.54. The minimum atomic E-state index is -0.437. The molecule has 100 valence electrons. The molecule has 0 aliphatic carbocycles. The van der Waals surface area contributed by atoms with Crippen molar-refractivity contribution in [3.63, 3.8) is 0 Å². The van der Waals surface area contributed by atoms with Gasteiger partial charge in [0.15, 0.2) is 0 Å². The fraction of sp³-hybridized carbons (Fsp3) is 0.636. The van der Waals surface area contributed by atoms with Crippen molar-refractivity contribution < 1.29 is 31.3 Å². The standard InChI is InChI=1S/C11H20N2O3.ClH/c1-5-11(15)16-9-8-13(6-2,7-3)12-10(4)14;/h5H,1,6-9H2,2-4H3;1H. The number of esters is 1. The molecule has 0 saturated carbocycles. The largest absolute Gasteiger partial charge is 1.00 e. The van der Waals surface area contributed by atoms with Gasteiger partial charge in [-0.15, -0.1) is 0 Å². The highest BCUT2D eigenvalue weighted by Gasteiger charge is 2.25. The molecule has 1 N–H and O–H groups in total.